The predicted octanol–water partition coefficient (Wildman–Crippen LogP) is 2.32. The van der Waals surface area contributed by atoms with E-state index in [9.17, 15) is 4.79 Å². The third kappa shape index (κ3) is 2.35. The smallest absolute Gasteiger partial charge is 0.303 e. The highest BCUT2D eigenvalue weighted by molar-refractivity contribution is 5.68. The van der Waals surface area contributed by atoms with Crippen molar-refractivity contribution >= 4 is 5.97 Å². The van der Waals surface area contributed by atoms with Gasteiger partial charge in [-0.1, -0.05) is 6.92 Å². The molecule has 1 saturated carbocycles. The van der Waals surface area contributed by atoms with E-state index in [2.05, 4.69) is 18.9 Å². The van der Waals surface area contributed by atoms with Crippen LogP contribution in [0.2, 0.25) is 0 Å². The largest absolute Gasteiger partial charge is 0.481 e. The molecular weight excluding hydrogens is 216 g/mol. The highest BCUT2D eigenvalue weighted by atomic mass is 16.4. The van der Waals surface area contributed by atoms with E-state index < -0.39 is 5.97 Å². The molecule has 17 heavy (non-hydrogen) atoms. The molecular formula is C13H20N2O2. The summed E-state index contributed by atoms with van der Waals surface area (Å²) in [4.78, 5) is 10.8. The summed E-state index contributed by atoms with van der Waals surface area (Å²) in [7, 11) is 0. The lowest BCUT2D eigenvalue weighted by Gasteiger charge is -2.14. The Kier molecular flexibility index (Phi) is 2.98. The topological polar surface area (TPSA) is 55.1 Å². The Bertz CT molecular complexity index is 445. The number of aryl methyl sites for hydroxylation is 1. The molecule has 0 saturated heterocycles. The van der Waals surface area contributed by atoms with Crippen molar-refractivity contribution < 1.29 is 9.90 Å². The summed E-state index contributed by atoms with van der Waals surface area (Å²) in [5, 5.41) is 13.4. The van der Waals surface area contributed by atoms with Gasteiger partial charge in [-0.25, -0.2) is 0 Å². The van der Waals surface area contributed by atoms with E-state index in [1.807, 2.05) is 11.6 Å². The molecule has 0 aliphatic heterocycles. The molecule has 1 aromatic heterocycles. The maximum Gasteiger partial charge on any atom is 0.303 e. The van der Waals surface area contributed by atoms with Gasteiger partial charge in [-0.3, -0.25) is 9.48 Å². The second kappa shape index (κ2) is 4.17. The van der Waals surface area contributed by atoms with E-state index in [-0.39, 0.29) is 11.8 Å². The van der Waals surface area contributed by atoms with Crippen LogP contribution in [0.4, 0.5) is 0 Å². The Morgan fingerprint density at radius 1 is 1.47 bits per heavy atom. The first-order valence-corrected chi connectivity index (χ1v) is 6.22. The Labute approximate surface area is 102 Å². The molecule has 0 aromatic carbocycles. The average Bonchev–Trinajstić information content (AvgIpc) is 2.90. The van der Waals surface area contributed by atoms with E-state index in [0.717, 1.165) is 31.5 Å². The first kappa shape index (κ1) is 12.1. The van der Waals surface area contributed by atoms with Crippen molar-refractivity contribution in [3.05, 3.63) is 17.0 Å². The van der Waals surface area contributed by atoms with Gasteiger partial charge >= 0.3 is 5.97 Å². The molecule has 0 amide bonds. The van der Waals surface area contributed by atoms with Gasteiger partial charge in [0.15, 0.2) is 0 Å². The van der Waals surface area contributed by atoms with Gasteiger partial charge < -0.3 is 5.11 Å². The fraction of sp³-hybridized carbons (Fsp3) is 0.692. The monoisotopic (exact) mass is 236 g/mol. The van der Waals surface area contributed by atoms with Crippen molar-refractivity contribution in [2.75, 3.05) is 0 Å². The fourth-order valence-corrected chi connectivity index (χ4v) is 2.61. The van der Waals surface area contributed by atoms with E-state index in [1.54, 1.807) is 0 Å². The van der Waals surface area contributed by atoms with Crippen LogP contribution >= 0.6 is 0 Å². The number of hydrogen-bond acceptors (Lipinski definition) is 2. The van der Waals surface area contributed by atoms with E-state index in [4.69, 9.17) is 5.11 Å². The third-order valence-electron chi connectivity index (χ3n) is 3.85. The molecule has 1 aromatic rings. The van der Waals surface area contributed by atoms with Crippen LogP contribution < -0.4 is 0 Å². The van der Waals surface area contributed by atoms with Crippen molar-refractivity contribution in [3.63, 3.8) is 0 Å². The first-order chi connectivity index (χ1) is 7.97. The molecule has 4 nitrogen and oxygen atoms in total. The van der Waals surface area contributed by atoms with Crippen LogP contribution in [-0.2, 0) is 17.8 Å². The Hall–Kier alpha value is -1.32. The lowest BCUT2D eigenvalue weighted by Crippen LogP contribution is -2.17. The maximum absolute atomic E-state index is 10.8. The molecule has 1 fully saturated rings. The van der Waals surface area contributed by atoms with Gasteiger partial charge in [-0.15, -0.1) is 0 Å². The minimum Gasteiger partial charge on any atom is -0.481 e. The highest BCUT2D eigenvalue weighted by Crippen LogP contribution is 2.50. The van der Waals surface area contributed by atoms with Gasteiger partial charge in [-0.05, 0) is 38.7 Å². The van der Waals surface area contributed by atoms with Crippen molar-refractivity contribution in [2.45, 2.75) is 53.0 Å². The average molecular weight is 236 g/mol. The summed E-state index contributed by atoms with van der Waals surface area (Å²) in [6.45, 7) is 6.99. The number of hydrogen-bond donors (Lipinski definition) is 1. The van der Waals surface area contributed by atoms with Crippen molar-refractivity contribution in [2.24, 2.45) is 5.41 Å². The molecule has 0 atom stereocenters. The Balaban J connectivity index is 2.17. The van der Waals surface area contributed by atoms with E-state index in [1.165, 1.54) is 11.3 Å². The summed E-state index contributed by atoms with van der Waals surface area (Å²) in [5.41, 5.74) is 3.55. The van der Waals surface area contributed by atoms with Gasteiger partial charge in [0.2, 0.25) is 0 Å². The lowest BCUT2D eigenvalue weighted by molar-refractivity contribution is -0.138. The predicted molar refractivity (Wildman–Crippen MR) is 65.0 cm³/mol. The summed E-state index contributed by atoms with van der Waals surface area (Å²) < 4.78 is 2.00. The van der Waals surface area contributed by atoms with Crippen molar-refractivity contribution in [3.8, 4) is 0 Å². The molecule has 1 aliphatic carbocycles. The minimum absolute atomic E-state index is 0.0277. The number of nitrogens with zero attached hydrogens (tertiary/aromatic N) is 2. The quantitative estimate of drug-likeness (QED) is 0.853. The van der Waals surface area contributed by atoms with Crippen molar-refractivity contribution in [1.29, 1.82) is 0 Å². The molecule has 1 aliphatic rings. The number of carboxylic acids is 1. The SMILES string of the molecule is CCc1c(C)nn(CC2(CC(=O)O)CC2)c1C. The molecule has 1 heterocycles. The van der Waals surface area contributed by atoms with Gasteiger partial charge in [0.1, 0.15) is 0 Å². The summed E-state index contributed by atoms with van der Waals surface area (Å²) in [6, 6.07) is 0. The number of aliphatic carboxylic acids is 1. The molecule has 94 valence electrons. The first-order valence-electron chi connectivity index (χ1n) is 6.22. The molecule has 0 bridgehead atoms. The number of aromatic nitrogens is 2. The second-order valence-corrected chi connectivity index (χ2v) is 5.23. The molecule has 0 unspecified atom stereocenters. The van der Waals surface area contributed by atoms with Crippen LogP contribution in [0.5, 0.6) is 0 Å². The van der Waals surface area contributed by atoms with E-state index >= 15 is 0 Å². The zero-order valence-electron chi connectivity index (χ0n) is 10.8. The van der Waals surface area contributed by atoms with E-state index in [0.29, 0.717) is 0 Å². The maximum atomic E-state index is 10.8. The zero-order chi connectivity index (χ0) is 12.6. The third-order valence-corrected chi connectivity index (χ3v) is 3.85. The fourth-order valence-electron chi connectivity index (χ4n) is 2.61. The van der Waals surface area contributed by atoms with Crippen LogP contribution in [0.15, 0.2) is 0 Å². The van der Waals surface area contributed by atoms with Crippen LogP contribution in [-0.4, -0.2) is 20.9 Å². The normalized spacial score (nSPS) is 17.1. The molecule has 4 heteroatoms. The number of carboxylic acid groups (broad SMARTS) is 1. The molecule has 0 spiro atoms. The molecule has 1 N–H and O–H groups in total. The second-order valence-electron chi connectivity index (χ2n) is 5.23. The lowest BCUT2D eigenvalue weighted by atomic mass is 10.0. The summed E-state index contributed by atoms with van der Waals surface area (Å²) >= 11 is 0. The highest BCUT2D eigenvalue weighted by Gasteiger charge is 2.45. The number of rotatable bonds is 5. The standard InChI is InChI=1S/C13H20N2O2/c1-4-11-9(2)14-15(10(11)3)8-13(5-6-13)7-12(16)17/h4-8H2,1-3H3,(H,16,17). The Morgan fingerprint density at radius 2 is 2.12 bits per heavy atom. The van der Waals surface area contributed by atoms with Gasteiger partial charge in [0.05, 0.1) is 12.1 Å². The van der Waals surface area contributed by atoms with Gasteiger partial charge in [0, 0.05) is 17.7 Å². The van der Waals surface area contributed by atoms with Crippen LogP contribution in [0.1, 0.15) is 43.1 Å². The zero-order valence-corrected chi connectivity index (χ0v) is 10.8. The van der Waals surface area contributed by atoms with Crippen molar-refractivity contribution in [1.82, 2.24) is 9.78 Å². The Morgan fingerprint density at radius 3 is 2.53 bits per heavy atom. The summed E-state index contributed by atoms with van der Waals surface area (Å²) in [5.74, 6) is -0.695. The van der Waals surface area contributed by atoms with Crippen LogP contribution in [0, 0.1) is 19.3 Å². The molecule has 2 rings (SSSR count). The van der Waals surface area contributed by atoms with Crippen LogP contribution in [0.3, 0.4) is 0 Å². The van der Waals surface area contributed by atoms with Gasteiger partial charge in [0.25, 0.3) is 0 Å². The minimum atomic E-state index is -0.695. The summed E-state index contributed by atoms with van der Waals surface area (Å²) in [6.07, 6.45) is 3.29. The van der Waals surface area contributed by atoms with Gasteiger partial charge in [-0.2, -0.15) is 5.10 Å². The molecule has 0 radical (unpaired) electrons. The number of carbonyl (C=O) groups is 1. The van der Waals surface area contributed by atoms with Crippen LogP contribution in [0.25, 0.3) is 0 Å².